The molecule has 2 N–H and O–H groups in total. The number of aryl methyl sites for hydroxylation is 1. The van der Waals surface area contributed by atoms with Gasteiger partial charge in [0.25, 0.3) is 5.69 Å². The predicted molar refractivity (Wildman–Crippen MR) is 114 cm³/mol. The maximum absolute atomic E-state index is 12.0. The van der Waals surface area contributed by atoms with E-state index in [2.05, 4.69) is 17.6 Å². The number of hydrogen-bond donors (Lipinski definition) is 1. The van der Waals surface area contributed by atoms with E-state index in [-0.39, 0.29) is 22.3 Å². The van der Waals surface area contributed by atoms with E-state index in [0.717, 1.165) is 36.1 Å². The number of fused-ring (bicyclic) bond motifs is 1. The number of nitrogens with two attached hydrogens (primary N) is 1. The van der Waals surface area contributed by atoms with Gasteiger partial charge in [0.2, 0.25) is 10.0 Å². The van der Waals surface area contributed by atoms with Crippen molar-refractivity contribution in [1.82, 2.24) is 9.55 Å². The third-order valence-corrected chi connectivity index (χ3v) is 6.57. The van der Waals surface area contributed by atoms with E-state index < -0.39 is 14.9 Å². The maximum Gasteiger partial charge on any atom is 0.271 e. The minimum atomic E-state index is -4.00. The Morgan fingerprint density at radius 3 is 2.53 bits per heavy atom. The van der Waals surface area contributed by atoms with Crippen molar-refractivity contribution in [2.45, 2.75) is 37.1 Å². The van der Waals surface area contributed by atoms with Gasteiger partial charge in [-0.15, -0.1) is 0 Å². The number of benzene rings is 2. The molecule has 0 bridgehead atoms. The molecule has 1 aromatic heterocycles. The number of non-ortho nitro benzene ring substituents is 1. The number of rotatable bonds is 5. The highest BCUT2D eigenvalue weighted by Gasteiger charge is 2.28. The highest BCUT2D eigenvalue weighted by molar-refractivity contribution is 7.89. The zero-order valence-electron chi connectivity index (χ0n) is 16.6. The summed E-state index contributed by atoms with van der Waals surface area (Å²) in [7, 11) is -4.00. The molecule has 0 radical (unpaired) electrons. The lowest BCUT2D eigenvalue weighted by Gasteiger charge is -2.35. The second-order valence-electron chi connectivity index (χ2n) is 7.41. The number of piperidine rings is 1. The standard InChI is InChI=1S/C20H23N5O4S/c1-2-20-22-16-5-3-4-6-17(16)24(20)14-9-11-23(12-10-14)18-13-15(25(26)27)7-8-19(18)30(21,28)29/h3-8,13-14H,2,9-12H2,1H3,(H2,21,28,29). The van der Waals surface area contributed by atoms with Crippen LogP contribution in [0.2, 0.25) is 0 Å². The Morgan fingerprint density at radius 1 is 1.20 bits per heavy atom. The quantitative estimate of drug-likeness (QED) is 0.491. The molecular weight excluding hydrogens is 406 g/mol. The molecule has 1 aliphatic rings. The number of para-hydroxylation sites is 2. The third-order valence-electron chi connectivity index (χ3n) is 5.62. The molecule has 4 rings (SSSR count). The topological polar surface area (TPSA) is 124 Å². The van der Waals surface area contributed by atoms with Gasteiger partial charge < -0.3 is 9.47 Å². The van der Waals surface area contributed by atoms with E-state index in [1.54, 1.807) is 0 Å². The number of sulfonamides is 1. The van der Waals surface area contributed by atoms with Crippen LogP contribution in [-0.2, 0) is 16.4 Å². The summed E-state index contributed by atoms with van der Waals surface area (Å²) in [5.74, 6) is 1.02. The predicted octanol–water partition coefficient (Wildman–Crippen LogP) is 3.00. The van der Waals surface area contributed by atoms with E-state index in [9.17, 15) is 18.5 Å². The van der Waals surface area contributed by atoms with Crippen molar-refractivity contribution in [2.75, 3.05) is 18.0 Å². The monoisotopic (exact) mass is 429 g/mol. The van der Waals surface area contributed by atoms with E-state index >= 15 is 0 Å². The SMILES string of the molecule is CCc1nc2ccccc2n1C1CCN(c2cc([N+](=O)[O-])ccc2S(N)(=O)=O)CC1. The van der Waals surface area contributed by atoms with Gasteiger partial charge >= 0.3 is 0 Å². The van der Waals surface area contributed by atoms with E-state index in [1.165, 1.54) is 18.2 Å². The molecule has 1 saturated heterocycles. The number of nitro groups is 1. The van der Waals surface area contributed by atoms with Gasteiger partial charge in [-0.3, -0.25) is 10.1 Å². The summed E-state index contributed by atoms with van der Waals surface area (Å²) in [5, 5.41) is 16.6. The van der Waals surface area contributed by atoms with Gasteiger partial charge in [-0.25, -0.2) is 18.5 Å². The van der Waals surface area contributed by atoms with Crippen molar-refractivity contribution in [3.05, 3.63) is 58.4 Å². The molecule has 2 heterocycles. The van der Waals surface area contributed by atoms with Crippen molar-refractivity contribution in [2.24, 2.45) is 5.14 Å². The van der Waals surface area contributed by atoms with Gasteiger partial charge in [0.1, 0.15) is 10.7 Å². The van der Waals surface area contributed by atoms with Crippen molar-refractivity contribution in [1.29, 1.82) is 0 Å². The molecule has 0 amide bonds. The number of hydrogen-bond acceptors (Lipinski definition) is 6. The summed E-state index contributed by atoms with van der Waals surface area (Å²) in [6.07, 6.45) is 2.34. The Kier molecular flexibility index (Phi) is 5.20. The molecule has 30 heavy (non-hydrogen) atoms. The van der Waals surface area contributed by atoms with Gasteiger partial charge in [-0.05, 0) is 31.0 Å². The van der Waals surface area contributed by atoms with Crippen LogP contribution < -0.4 is 10.0 Å². The molecular formula is C20H23N5O4S. The molecule has 0 spiro atoms. The van der Waals surface area contributed by atoms with Crippen LogP contribution in [0.25, 0.3) is 11.0 Å². The second-order valence-corrected chi connectivity index (χ2v) is 8.94. The van der Waals surface area contributed by atoms with E-state index in [4.69, 9.17) is 10.1 Å². The van der Waals surface area contributed by atoms with Crippen LogP contribution in [0.5, 0.6) is 0 Å². The molecule has 0 unspecified atom stereocenters. The number of aromatic nitrogens is 2. The third kappa shape index (κ3) is 3.63. The van der Waals surface area contributed by atoms with Crippen molar-refractivity contribution in [3.8, 4) is 0 Å². The maximum atomic E-state index is 12.0. The van der Waals surface area contributed by atoms with Crippen molar-refractivity contribution in [3.63, 3.8) is 0 Å². The lowest BCUT2D eigenvalue weighted by Crippen LogP contribution is -2.36. The van der Waals surface area contributed by atoms with E-state index in [0.29, 0.717) is 13.1 Å². The average Bonchev–Trinajstić information content (AvgIpc) is 3.11. The second kappa shape index (κ2) is 7.69. The van der Waals surface area contributed by atoms with Crippen LogP contribution in [0.4, 0.5) is 11.4 Å². The first-order chi connectivity index (χ1) is 14.3. The summed E-state index contributed by atoms with van der Waals surface area (Å²) in [5.41, 5.74) is 2.19. The molecule has 0 aliphatic carbocycles. The minimum absolute atomic E-state index is 0.0890. The zero-order valence-corrected chi connectivity index (χ0v) is 17.4. The molecule has 0 saturated carbocycles. The summed E-state index contributed by atoms with van der Waals surface area (Å²) in [6, 6.07) is 11.9. The van der Waals surface area contributed by atoms with Gasteiger partial charge in [0.05, 0.1) is 21.6 Å². The summed E-state index contributed by atoms with van der Waals surface area (Å²) >= 11 is 0. The highest BCUT2D eigenvalue weighted by atomic mass is 32.2. The molecule has 158 valence electrons. The van der Waals surface area contributed by atoms with Gasteiger partial charge in [0, 0.05) is 37.7 Å². The first-order valence-electron chi connectivity index (χ1n) is 9.81. The fraction of sp³-hybridized carbons (Fsp3) is 0.350. The lowest BCUT2D eigenvalue weighted by molar-refractivity contribution is -0.384. The Morgan fingerprint density at radius 2 is 1.90 bits per heavy atom. The molecule has 10 heteroatoms. The fourth-order valence-electron chi connectivity index (χ4n) is 4.22. The molecule has 3 aromatic rings. The first-order valence-corrected chi connectivity index (χ1v) is 11.4. The molecule has 2 aromatic carbocycles. The number of imidazole rings is 1. The largest absolute Gasteiger partial charge is 0.370 e. The first kappa shape index (κ1) is 20.3. The number of nitro benzene ring substituents is 1. The zero-order chi connectivity index (χ0) is 21.5. The van der Waals surface area contributed by atoms with Gasteiger partial charge in [-0.1, -0.05) is 19.1 Å². The van der Waals surface area contributed by atoms with Crippen molar-refractivity contribution >= 4 is 32.4 Å². The molecule has 1 fully saturated rings. The minimum Gasteiger partial charge on any atom is -0.370 e. The van der Waals surface area contributed by atoms with Crippen LogP contribution in [0.15, 0.2) is 47.4 Å². The summed E-state index contributed by atoms with van der Waals surface area (Å²) < 4.78 is 26.3. The van der Waals surface area contributed by atoms with Gasteiger partial charge in [0.15, 0.2) is 0 Å². The van der Waals surface area contributed by atoms with Gasteiger partial charge in [-0.2, -0.15) is 0 Å². The summed E-state index contributed by atoms with van der Waals surface area (Å²) in [4.78, 5) is 17.2. The fourth-order valence-corrected chi connectivity index (χ4v) is 4.96. The Balaban J connectivity index is 1.65. The van der Waals surface area contributed by atoms with E-state index in [1.807, 2.05) is 23.1 Å². The molecule has 1 aliphatic heterocycles. The smallest absolute Gasteiger partial charge is 0.271 e. The Bertz CT molecular complexity index is 1210. The highest BCUT2D eigenvalue weighted by Crippen LogP contribution is 2.35. The van der Waals surface area contributed by atoms with Crippen LogP contribution in [0.3, 0.4) is 0 Å². The lowest BCUT2D eigenvalue weighted by atomic mass is 10.0. The molecule has 9 nitrogen and oxygen atoms in total. The summed E-state index contributed by atoms with van der Waals surface area (Å²) in [6.45, 7) is 3.20. The average molecular weight is 430 g/mol. The number of anilines is 1. The normalized spacial score (nSPS) is 15.6. The van der Waals surface area contributed by atoms with Crippen LogP contribution in [0.1, 0.15) is 31.6 Å². The number of primary sulfonamides is 1. The van der Waals surface area contributed by atoms with Crippen LogP contribution in [-0.4, -0.2) is 36.0 Å². The van der Waals surface area contributed by atoms with Crippen LogP contribution in [0, 0.1) is 10.1 Å². The Hall–Kier alpha value is -2.98. The van der Waals surface area contributed by atoms with Crippen molar-refractivity contribution < 1.29 is 13.3 Å². The number of nitrogens with zero attached hydrogens (tertiary/aromatic N) is 4. The molecule has 0 atom stereocenters. The Labute approximate surface area is 174 Å². The van der Waals surface area contributed by atoms with Crippen LogP contribution >= 0.6 is 0 Å².